The zero-order chi connectivity index (χ0) is 11.2. The van der Waals surface area contributed by atoms with E-state index in [9.17, 15) is 0 Å². The molecule has 1 atom stereocenters. The van der Waals surface area contributed by atoms with Crippen molar-refractivity contribution < 1.29 is 0 Å². The van der Waals surface area contributed by atoms with Crippen LogP contribution in [0.5, 0.6) is 0 Å². The Balaban J connectivity index is 1.53. The summed E-state index contributed by atoms with van der Waals surface area (Å²) < 4.78 is 0. The molecule has 0 aromatic heterocycles. The first-order chi connectivity index (χ1) is 7.90. The Bertz CT molecular complexity index is 187. The minimum atomic E-state index is 0.848. The van der Waals surface area contributed by atoms with Crippen molar-refractivity contribution in [3.8, 4) is 0 Å². The Kier molecular flexibility index (Phi) is 5.11. The number of nitrogens with zero attached hydrogens (tertiary/aromatic N) is 1. The maximum atomic E-state index is 3.71. The van der Waals surface area contributed by atoms with E-state index in [4.69, 9.17) is 0 Å². The summed E-state index contributed by atoms with van der Waals surface area (Å²) in [5.74, 6) is 0. The first-order valence-electron chi connectivity index (χ1n) is 7.37. The molecule has 1 aliphatic carbocycles. The Hall–Kier alpha value is -0.0800. The number of rotatable bonds is 6. The maximum Gasteiger partial charge on any atom is 0.00931 e. The molecule has 0 bridgehead atoms. The van der Waals surface area contributed by atoms with Crippen LogP contribution in [-0.2, 0) is 0 Å². The number of hydrogen-bond donors (Lipinski definition) is 1. The average Bonchev–Trinajstić information content (AvgIpc) is 2.95. The third-order valence-electron chi connectivity index (χ3n) is 4.38. The predicted molar refractivity (Wildman–Crippen MR) is 69.8 cm³/mol. The highest BCUT2D eigenvalue weighted by atomic mass is 15.2. The van der Waals surface area contributed by atoms with Crippen LogP contribution in [0.4, 0.5) is 0 Å². The monoisotopic (exact) mass is 224 g/mol. The minimum Gasteiger partial charge on any atom is -0.314 e. The van der Waals surface area contributed by atoms with Crippen molar-refractivity contribution in [2.45, 2.75) is 70.4 Å². The summed E-state index contributed by atoms with van der Waals surface area (Å²) >= 11 is 0. The Labute approximate surface area is 101 Å². The lowest BCUT2D eigenvalue weighted by Gasteiger charge is -2.23. The van der Waals surface area contributed by atoms with E-state index in [0.717, 1.165) is 12.1 Å². The minimum absolute atomic E-state index is 0.848. The van der Waals surface area contributed by atoms with Gasteiger partial charge in [0.25, 0.3) is 0 Å². The summed E-state index contributed by atoms with van der Waals surface area (Å²) in [6, 6.07) is 1.74. The molecule has 0 radical (unpaired) electrons. The molecule has 0 aromatic rings. The van der Waals surface area contributed by atoms with Crippen LogP contribution < -0.4 is 5.32 Å². The van der Waals surface area contributed by atoms with Gasteiger partial charge >= 0.3 is 0 Å². The third kappa shape index (κ3) is 3.46. The van der Waals surface area contributed by atoms with Gasteiger partial charge in [0.2, 0.25) is 0 Å². The summed E-state index contributed by atoms with van der Waals surface area (Å²) in [5, 5.41) is 3.71. The Morgan fingerprint density at radius 3 is 2.69 bits per heavy atom. The predicted octanol–water partition coefficient (Wildman–Crippen LogP) is 2.78. The van der Waals surface area contributed by atoms with E-state index in [-0.39, 0.29) is 0 Å². The van der Waals surface area contributed by atoms with Crippen molar-refractivity contribution in [1.29, 1.82) is 0 Å². The number of likely N-dealkylation sites (tertiary alicyclic amines) is 1. The van der Waals surface area contributed by atoms with Crippen molar-refractivity contribution >= 4 is 0 Å². The van der Waals surface area contributed by atoms with Crippen LogP contribution in [0.1, 0.15) is 58.3 Å². The Morgan fingerprint density at radius 1 is 1.12 bits per heavy atom. The van der Waals surface area contributed by atoms with Crippen molar-refractivity contribution in [2.75, 3.05) is 19.6 Å². The van der Waals surface area contributed by atoms with Crippen molar-refractivity contribution in [1.82, 2.24) is 10.2 Å². The van der Waals surface area contributed by atoms with Crippen LogP contribution in [0.15, 0.2) is 0 Å². The van der Waals surface area contributed by atoms with Crippen LogP contribution in [0.25, 0.3) is 0 Å². The quantitative estimate of drug-likeness (QED) is 0.698. The summed E-state index contributed by atoms with van der Waals surface area (Å²) in [5.41, 5.74) is 0. The fraction of sp³-hybridized carbons (Fsp3) is 1.00. The van der Waals surface area contributed by atoms with Crippen LogP contribution in [0.2, 0.25) is 0 Å². The van der Waals surface area contributed by atoms with Gasteiger partial charge < -0.3 is 10.2 Å². The summed E-state index contributed by atoms with van der Waals surface area (Å²) in [7, 11) is 0. The maximum absolute atomic E-state index is 3.71. The van der Waals surface area contributed by atoms with Gasteiger partial charge in [-0.1, -0.05) is 19.8 Å². The van der Waals surface area contributed by atoms with E-state index in [1.54, 1.807) is 0 Å². The molecule has 0 aromatic carbocycles. The summed E-state index contributed by atoms with van der Waals surface area (Å²) in [6.07, 6.45) is 11.3. The fourth-order valence-electron chi connectivity index (χ4n) is 3.37. The van der Waals surface area contributed by atoms with Gasteiger partial charge in [0, 0.05) is 12.1 Å². The highest BCUT2D eigenvalue weighted by molar-refractivity contribution is 4.78. The van der Waals surface area contributed by atoms with E-state index in [1.807, 2.05) is 0 Å². The van der Waals surface area contributed by atoms with E-state index >= 15 is 0 Å². The fourth-order valence-corrected chi connectivity index (χ4v) is 3.37. The van der Waals surface area contributed by atoms with Crippen LogP contribution in [0.3, 0.4) is 0 Å². The largest absolute Gasteiger partial charge is 0.314 e. The van der Waals surface area contributed by atoms with E-state index in [2.05, 4.69) is 17.1 Å². The molecule has 2 rings (SSSR count). The van der Waals surface area contributed by atoms with Crippen molar-refractivity contribution in [3.05, 3.63) is 0 Å². The third-order valence-corrected chi connectivity index (χ3v) is 4.38. The first kappa shape index (κ1) is 12.4. The van der Waals surface area contributed by atoms with Gasteiger partial charge in [0.05, 0.1) is 0 Å². The zero-order valence-electron chi connectivity index (χ0n) is 10.9. The molecule has 0 amide bonds. The van der Waals surface area contributed by atoms with Crippen LogP contribution >= 0.6 is 0 Å². The molecule has 1 N–H and O–H groups in total. The number of nitrogens with one attached hydrogen (secondary N) is 1. The van der Waals surface area contributed by atoms with Crippen LogP contribution in [-0.4, -0.2) is 36.6 Å². The number of hydrogen-bond acceptors (Lipinski definition) is 2. The lowest BCUT2D eigenvalue weighted by Crippen LogP contribution is -2.33. The van der Waals surface area contributed by atoms with Gasteiger partial charge in [-0.2, -0.15) is 0 Å². The van der Waals surface area contributed by atoms with E-state index in [0.29, 0.717) is 0 Å². The van der Waals surface area contributed by atoms with E-state index < -0.39 is 0 Å². The van der Waals surface area contributed by atoms with Gasteiger partial charge in [0.15, 0.2) is 0 Å². The molecule has 1 saturated heterocycles. The molecule has 2 heteroatoms. The zero-order valence-corrected chi connectivity index (χ0v) is 10.9. The smallest absolute Gasteiger partial charge is 0.00931 e. The first-order valence-corrected chi connectivity index (χ1v) is 7.37. The van der Waals surface area contributed by atoms with Crippen LogP contribution in [0, 0.1) is 0 Å². The van der Waals surface area contributed by atoms with Crippen molar-refractivity contribution in [3.63, 3.8) is 0 Å². The molecule has 2 aliphatic rings. The average molecular weight is 224 g/mol. The van der Waals surface area contributed by atoms with Crippen molar-refractivity contribution in [2.24, 2.45) is 0 Å². The molecule has 1 unspecified atom stereocenters. The lowest BCUT2D eigenvalue weighted by atomic mass is 10.1. The van der Waals surface area contributed by atoms with E-state index in [1.165, 1.54) is 71.0 Å². The SMILES string of the molecule is CCC1CCCN1CCCNC1CCCC1. The molecule has 1 saturated carbocycles. The van der Waals surface area contributed by atoms with Gasteiger partial charge in [0.1, 0.15) is 0 Å². The topological polar surface area (TPSA) is 15.3 Å². The molecule has 2 nitrogen and oxygen atoms in total. The molecular weight excluding hydrogens is 196 g/mol. The van der Waals surface area contributed by atoms with Gasteiger partial charge in [-0.3, -0.25) is 0 Å². The second-order valence-corrected chi connectivity index (χ2v) is 5.53. The highest BCUT2D eigenvalue weighted by Gasteiger charge is 2.21. The van der Waals surface area contributed by atoms with Gasteiger partial charge in [-0.25, -0.2) is 0 Å². The second kappa shape index (κ2) is 6.61. The second-order valence-electron chi connectivity index (χ2n) is 5.53. The van der Waals surface area contributed by atoms with Gasteiger partial charge in [-0.05, 0) is 58.2 Å². The lowest BCUT2D eigenvalue weighted by molar-refractivity contribution is 0.243. The molecule has 16 heavy (non-hydrogen) atoms. The molecule has 94 valence electrons. The molecule has 1 aliphatic heterocycles. The molecule has 0 spiro atoms. The summed E-state index contributed by atoms with van der Waals surface area (Å²) in [4.78, 5) is 2.70. The van der Waals surface area contributed by atoms with Gasteiger partial charge in [-0.15, -0.1) is 0 Å². The molecular formula is C14H28N2. The summed E-state index contributed by atoms with van der Waals surface area (Å²) in [6.45, 7) is 6.23. The molecule has 1 heterocycles. The molecule has 2 fully saturated rings. The Morgan fingerprint density at radius 2 is 1.94 bits per heavy atom. The highest BCUT2D eigenvalue weighted by Crippen LogP contribution is 2.20. The normalized spacial score (nSPS) is 27.9. The standard InChI is InChI=1S/C14H28N2/c1-2-14-9-5-11-16(14)12-6-10-15-13-7-3-4-8-13/h13-15H,2-12H2,1H3.